The molecule has 0 fully saturated rings. The van der Waals surface area contributed by atoms with Crippen molar-refractivity contribution in [2.24, 2.45) is 0 Å². The standard InChI is InChI=1S/C23H15F4N3O2/c24-16-12-10-14(11-13-16)19(22-30-29-21(32-22)15-6-2-1-3-7-15)28-20(31)17-8-4-5-9-18(17)23(25,26)27/h1-13,19H,(H,28,31)/t19-/m0/s1. The third-order valence-electron chi connectivity index (χ3n) is 4.66. The van der Waals surface area contributed by atoms with Crippen LogP contribution in [0.2, 0.25) is 0 Å². The van der Waals surface area contributed by atoms with Crippen molar-refractivity contribution in [3.8, 4) is 11.5 Å². The maximum Gasteiger partial charge on any atom is 0.417 e. The van der Waals surface area contributed by atoms with Gasteiger partial charge in [-0.15, -0.1) is 10.2 Å². The van der Waals surface area contributed by atoms with E-state index in [1.807, 2.05) is 0 Å². The second-order valence-electron chi connectivity index (χ2n) is 6.81. The van der Waals surface area contributed by atoms with Crippen molar-refractivity contribution in [3.05, 3.63) is 107 Å². The zero-order valence-electron chi connectivity index (χ0n) is 16.3. The van der Waals surface area contributed by atoms with E-state index in [0.717, 1.165) is 24.3 Å². The zero-order chi connectivity index (χ0) is 22.7. The van der Waals surface area contributed by atoms with Crippen LogP contribution >= 0.6 is 0 Å². The van der Waals surface area contributed by atoms with E-state index in [1.54, 1.807) is 30.3 Å². The molecule has 1 amide bonds. The Labute approximate surface area is 179 Å². The third-order valence-corrected chi connectivity index (χ3v) is 4.66. The van der Waals surface area contributed by atoms with E-state index in [4.69, 9.17) is 4.42 Å². The summed E-state index contributed by atoms with van der Waals surface area (Å²) in [6.45, 7) is 0. The molecule has 0 saturated carbocycles. The summed E-state index contributed by atoms with van der Waals surface area (Å²) in [6.07, 6.45) is -4.72. The van der Waals surface area contributed by atoms with Gasteiger partial charge in [-0.2, -0.15) is 13.2 Å². The summed E-state index contributed by atoms with van der Waals surface area (Å²) < 4.78 is 59.2. The molecule has 1 aromatic heterocycles. The number of amides is 1. The number of alkyl halides is 3. The van der Waals surface area contributed by atoms with Gasteiger partial charge in [0.05, 0.1) is 11.1 Å². The van der Waals surface area contributed by atoms with Crippen LogP contribution in [0.3, 0.4) is 0 Å². The predicted octanol–water partition coefficient (Wildman–Crippen LogP) is 5.41. The van der Waals surface area contributed by atoms with Crippen LogP contribution in [0.25, 0.3) is 11.5 Å². The van der Waals surface area contributed by atoms with E-state index < -0.39 is 35.1 Å². The number of hydrogen-bond acceptors (Lipinski definition) is 4. The Morgan fingerprint density at radius 1 is 0.875 bits per heavy atom. The van der Waals surface area contributed by atoms with Crippen LogP contribution in [0, 0.1) is 5.82 Å². The molecule has 32 heavy (non-hydrogen) atoms. The molecule has 0 aliphatic heterocycles. The molecule has 4 rings (SSSR count). The highest BCUT2D eigenvalue weighted by atomic mass is 19.4. The minimum atomic E-state index is -4.72. The smallest absolute Gasteiger partial charge is 0.417 e. The molecule has 0 saturated heterocycles. The van der Waals surface area contributed by atoms with Gasteiger partial charge in [0.15, 0.2) is 0 Å². The van der Waals surface area contributed by atoms with Crippen LogP contribution in [0.15, 0.2) is 83.3 Å². The first kappa shape index (κ1) is 21.2. The highest BCUT2D eigenvalue weighted by Crippen LogP contribution is 2.32. The lowest BCUT2D eigenvalue weighted by atomic mass is 10.0. The topological polar surface area (TPSA) is 68.0 Å². The lowest BCUT2D eigenvalue weighted by Crippen LogP contribution is -2.31. The molecule has 4 aromatic rings. The van der Waals surface area contributed by atoms with Gasteiger partial charge in [0.25, 0.3) is 5.91 Å². The highest BCUT2D eigenvalue weighted by Gasteiger charge is 2.35. The van der Waals surface area contributed by atoms with E-state index in [0.29, 0.717) is 11.1 Å². The van der Waals surface area contributed by atoms with Crippen LogP contribution in [-0.2, 0) is 6.18 Å². The first-order chi connectivity index (χ1) is 15.3. The number of nitrogens with one attached hydrogen (secondary N) is 1. The molecule has 0 aliphatic carbocycles. The van der Waals surface area contributed by atoms with Crippen LogP contribution < -0.4 is 5.32 Å². The molecular weight excluding hydrogens is 426 g/mol. The summed E-state index contributed by atoms with van der Waals surface area (Å²) in [5.74, 6) is -1.41. The molecular formula is C23H15F4N3O2. The van der Waals surface area contributed by atoms with Gasteiger partial charge in [0, 0.05) is 5.56 Å². The van der Waals surface area contributed by atoms with Crippen molar-refractivity contribution in [1.29, 1.82) is 0 Å². The fraction of sp³-hybridized carbons (Fsp3) is 0.0870. The maximum atomic E-state index is 13.4. The van der Waals surface area contributed by atoms with Crippen molar-refractivity contribution >= 4 is 5.91 Å². The van der Waals surface area contributed by atoms with Crippen LogP contribution in [0.5, 0.6) is 0 Å². The number of carbonyl (C=O) groups excluding carboxylic acids is 1. The fourth-order valence-corrected chi connectivity index (χ4v) is 3.13. The SMILES string of the molecule is O=C(N[C@@H](c1ccc(F)cc1)c1nnc(-c2ccccc2)o1)c1ccccc1C(F)(F)F. The lowest BCUT2D eigenvalue weighted by molar-refractivity contribution is -0.137. The van der Waals surface area contributed by atoms with E-state index >= 15 is 0 Å². The first-order valence-electron chi connectivity index (χ1n) is 9.44. The Morgan fingerprint density at radius 3 is 2.22 bits per heavy atom. The van der Waals surface area contributed by atoms with Crippen molar-refractivity contribution in [2.45, 2.75) is 12.2 Å². The minimum absolute atomic E-state index is 0.0618. The Morgan fingerprint density at radius 2 is 1.53 bits per heavy atom. The summed E-state index contributed by atoms with van der Waals surface area (Å²) in [5, 5.41) is 10.4. The maximum absolute atomic E-state index is 13.4. The van der Waals surface area contributed by atoms with Gasteiger partial charge in [-0.05, 0) is 42.0 Å². The van der Waals surface area contributed by atoms with Gasteiger partial charge in [-0.1, -0.05) is 42.5 Å². The molecule has 162 valence electrons. The molecule has 0 bridgehead atoms. The molecule has 1 heterocycles. The molecule has 1 N–H and O–H groups in total. The van der Waals surface area contributed by atoms with Crippen LogP contribution in [0.1, 0.15) is 33.4 Å². The highest BCUT2D eigenvalue weighted by molar-refractivity contribution is 5.96. The minimum Gasteiger partial charge on any atom is -0.418 e. The van der Waals surface area contributed by atoms with Gasteiger partial charge < -0.3 is 9.73 Å². The Bertz CT molecular complexity index is 1220. The van der Waals surface area contributed by atoms with Crippen LogP contribution in [0.4, 0.5) is 17.6 Å². The normalized spacial score (nSPS) is 12.4. The average molecular weight is 441 g/mol. The number of rotatable bonds is 5. The summed E-state index contributed by atoms with van der Waals surface area (Å²) in [6, 6.07) is 17.2. The molecule has 5 nitrogen and oxygen atoms in total. The van der Waals surface area contributed by atoms with E-state index in [1.165, 1.54) is 24.3 Å². The van der Waals surface area contributed by atoms with E-state index in [-0.39, 0.29) is 11.8 Å². The molecule has 0 unspecified atom stereocenters. The monoisotopic (exact) mass is 441 g/mol. The Balaban J connectivity index is 1.71. The summed E-state index contributed by atoms with van der Waals surface area (Å²) in [7, 11) is 0. The van der Waals surface area contributed by atoms with Crippen molar-refractivity contribution in [3.63, 3.8) is 0 Å². The van der Waals surface area contributed by atoms with E-state index in [2.05, 4.69) is 15.5 Å². The molecule has 9 heteroatoms. The van der Waals surface area contributed by atoms with Gasteiger partial charge >= 0.3 is 6.18 Å². The lowest BCUT2D eigenvalue weighted by Gasteiger charge is -2.18. The van der Waals surface area contributed by atoms with Gasteiger partial charge in [-0.25, -0.2) is 4.39 Å². The number of carbonyl (C=O) groups is 1. The van der Waals surface area contributed by atoms with Crippen molar-refractivity contribution in [2.75, 3.05) is 0 Å². The number of benzene rings is 3. The van der Waals surface area contributed by atoms with Gasteiger partial charge in [0.2, 0.25) is 11.8 Å². The van der Waals surface area contributed by atoms with Crippen LogP contribution in [-0.4, -0.2) is 16.1 Å². The number of hydrogen-bond donors (Lipinski definition) is 1. The molecule has 1 atom stereocenters. The van der Waals surface area contributed by atoms with Crippen molar-refractivity contribution in [1.82, 2.24) is 15.5 Å². The molecule has 0 radical (unpaired) electrons. The van der Waals surface area contributed by atoms with E-state index in [9.17, 15) is 22.4 Å². The largest absolute Gasteiger partial charge is 0.418 e. The summed E-state index contributed by atoms with van der Waals surface area (Å²) in [5.41, 5.74) is -0.661. The second kappa shape index (κ2) is 8.62. The number of halogens is 4. The summed E-state index contributed by atoms with van der Waals surface area (Å²) in [4.78, 5) is 12.8. The zero-order valence-corrected chi connectivity index (χ0v) is 16.3. The average Bonchev–Trinajstić information content (AvgIpc) is 3.28. The van der Waals surface area contributed by atoms with Gasteiger partial charge in [-0.3, -0.25) is 4.79 Å². The molecule has 0 spiro atoms. The number of nitrogens with zero attached hydrogens (tertiary/aromatic N) is 2. The fourth-order valence-electron chi connectivity index (χ4n) is 3.13. The Kier molecular flexibility index (Phi) is 5.72. The van der Waals surface area contributed by atoms with Crippen molar-refractivity contribution < 1.29 is 26.8 Å². The predicted molar refractivity (Wildman–Crippen MR) is 107 cm³/mol. The Hall–Kier alpha value is -4.01. The van der Waals surface area contributed by atoms with Gasteiger partial charge in [0.1, 0.15) is 11.9 Å². The molecule has 0 aliphatic rings. The summed E-state index contributed by atoms with van der Waals surface area (Å²) >= 11 is 0. The first-order valence-corrected chi connectivity index (χ1v) is 9.44. The molecule has 3 aromatic carbocycles. The third kappa shape index (κ3) is 4.51. The number of aromatic nitrogens is 2. The second-order valence-corrected chi connectivity index (χ2v) is 6.81. The quantitative estimate of drug-likeness (QED) is 0.421.